The van der Waals surface area contributed by atoms with E-state index in [9.17, 15) is 0 Å². The smallest absolute Gasteiger partial charge is 0.113 e. The number of benzene rings is 1. The second-order valence-electron chi connectivity index (χ2n) is 9.91. The van der Waals surface area contributed by atoms with E-state index in [1.54, 1.807) is 0 Å². The van der Waals surface area contributed by atoms with Gasteiger partial charge in [-0.1, -0.05) is 108 Å². The Morgan fingerprint density at radius 1 is 0.543 bits per heavy atom. The molecule has 0 N–H and O–H groups in total. The molecule has 3 aromatic rings. The summed E-state index contributed by atoms with van der Waals surface area (Å²) in [6.45, 7) is 4.53. The maximum absolute atomic E-state index is 6.33. The fourth-order valence-electron chi connectivity index (χ4n) is 4.68. The highest BCUT2D eigenvalue weighted by molar-refractivity contribution is 6.33. The zero-order valence-corrected chi connectivity index (χ0v) is 22.1. The van der Waals surface area contributed by atoms with Crippen LogP contribution in [0.25, 0.3) is 22.5 Å². The van der Waals surface area contributed by atoms with Crippen LogP contribution in [0.15, 0.2) is 54.6 Å². The average molecular weight is 467 g/mol. The van der Waals surface area contributed by atoms with Crippen LogP contribution < -0.4 is 5.46 Å². The summed E-state index contributed by atoms with van der Waals surface area (Å²) in [4.78, 5) is 9.93. The Morgan fingerprint density at radius 3 is 1.43 bits per heavy atom. The summed E-state index contributed by atoms with van der Waals surface area (Å²) in [7, 11) is 6.33. The van der Waals surface area contributed by atoms with E-state index in [2.05, 4.69) is 56.3 Å². The molecule has 2 heterocycles. The third kappa shape index (κ3) is 9.63. The molecule has 2 nitrogen and oxygen atoms in total. The van der Waals surface area contributed by atoms with Crippen molar-refractivity contribution in [1.82, 2.24) is 9.97 Å². The molecule has 2 radical (unpaired) electrons. The summed E-state index contributed by atoms with van der Waals surface area (Å²) < 4.78 is 0. The first-order valence-corrected chi connectivity index (χ1v) is 14.0. The first-order valence-electron chi connectivity index (χ1n) is 14.0. The molecule has 0 fully saturated rings. The summed E-state index contributed by atoms with van der Waals surface area (Å²) in [5.41, 5.74) is 7.20. The number of aryl methyl sites for hydroxylation is 2. The molecule has 1 aromatic carbocycles. The van der Waals surface area contributed by atoms with E-state index in [0.717, 1.165) is 40.8 Å². The average Bonchev–Trinajstić information content (AvgIpc) is 2.88. The standard InChI is InChI=1S/C32H43BN2/c1-3-5-7-9-11-13-17-29-19-15-21-31(34-29)26-23-27(25-28(33)24-26)32-22-16-20-30(35-32)18-14-12-10-8-6-4-2/h15-16,19-25H,3-14,17-18H2,1-2H3. The van der Waals surface area contributed by atoms with Gasteiger partial charge in [-0.25, -0.2) is 0 Å². The molecule has 184 valence electrons. The van der Waals surface area contributed by atoms with Crippen molar-refractivity contribution >= 4 is 13.3 Å². The number of hydrogen-bond acceptors (Lipinski definition) is 2. The van der Waals surface area contributed by atoms with Gasteiger partial charge in [0.2, 0.25) is 0 Å². The minimum atomic E-state index is 0.753. The Morgan fingerprint density at radius 2 is 0.971 bits per heavy atom. The number of pyridine rings is 2. The highest BCUT2D eigenvalue weighted by atomic mass is 14.7. The molecule has 3 heteroatoms. The van der Waals surface area contributed by atoms with Crippen LogP contribution in [0.3, 0.4) is 0 Å². The summed E-state index contributed by atoms with van der Waals surface area (Å²) in [6, 6.07) is 19.0. The lowest BCUT2D eigenvalue weighted by atomic mass is 9.90. The minimum absolute atomic E-state index is 0.753. The largest absolute Gasteiger partial charge is 0.253 e. The number of aromatic nitrogens is 2. The molecule has 35 heavy (non-hydrogen) atoms. The Labute approximate surface area is 215 Å². The van der Waals surface area contributed by atoms with Crippen molar-refractivity contribution < 1.29 is 0 Å². The number of rotatable bonds is 16. The topological polar surface area (TPSA) is 25.8 Å². The van der Waals surface area contributed by atoms with Crippen molar-refractivity contribution in [3.05, 3.63) is 66.0 Å². The second-order valence-corrected chi connectivity index (χ2v) is 9.91. The van der Waals surface area contributed by atoms with Crippen molar-refractivity contribution in [2.45, 2.75) is 104 Å². The van der Waals surface area contributed by atoms with Crippen molar-refractivity contribution in [3.63, 3.8) is 0 Å². The summed E-state index contributed by atoms with van der Waals surface area (Å²) >= 11 is 0. The van der Waals surface area contributed by atoms with E-state index in [4.69, 9.17) is 17.8 Å². The molecule has 0 saturated heterocycles. The van der Waals surface area contributed by atoms with Gasteiger partial charge in [-0.15, -0.1) is 0 Å². The van der Waals surface area contributed by atoms with Gasteiger partial charge in [0.25, 0.3) is 0 Å². The molecule has 0 bridgehead atoms. The SMILES string of the molecule is [B]c1cc(-c2cccc(CCCCCCCC)n2)cc(-c2cccc(CCCCCCCC)n2)c1. The zero-order valence-electron chi connectivity index (χ0n) is 22.1. The van der Waals surface area contributed by atoms with Crippen molar-refractivity contribution in [1.29, 1.82) is 0 Å². The monoisotopic (exact) mass is 466 g/mol. The van der Waals surface area contributed by atoms with E-state index < -0.39 is 0 Å². The predicted octanol–water partition coefficient (Wildman–Crippen LogP) is 8.41. The molecular weight excluding hydrogens is 423 g/mol. The summed E-state index contributed by atoms with van der Waals surface area (Å²) in [6.07, 6.45) is 17.7. The molecule has 0 amide bonds. The maximum Gasteiger partial charge on any atom is 0.113 e. The van der Waals surface area contributed by atoms with E-state index in [-0.39, 0.29) is 0 Å². The predicted molar refractivity (Wildman–Crippen MR) is 152 cm³/mol. The Bertz CT molecular complexity index is 936. The molecule has 0 aliphatic carbocycles. The first kappa shape index (κ1) is 27.2. The first-order chi connectivity index (χ1) is 17.2. The van der Waals surface area contributed by atoms with Gasteiger partial charge in [-0.05, 0) is 56.0 Å². The highest BCUT2D eigenvalue weighted by Gasteiger charge is 2.08. The molecule has 0 aliphatic heterocycles. The van der Waals surface area contributed by atoms with Gasteiger partial charge >= 0.3 is 0 Å². The third-order valence-electron chi connectivity index (χ3n) is 6.73. The van der Waals surface area contributed by atoms with Crippen LogP contribution in [-0.2, 0) is 12.8 Å². The molecule has 3 rings (SSSR count). The van der Waals surface area contributed by atoms with Gasteiger partial charge in [-0.3, -0.25) is 9.97 Å². The normalized spacial score (nSPS) is 11.1. The van der Waals surface area contributed by atoms with Gasteiger partial charge in [-0.2, -0.15) is 0 Å². The highest BCUT2D eigenvalue weighted by Crippen LogP contribution is 2.24. The van der Waals surface area contributed by atoms with Gasteiger partial charge in [0.05, 0.1) is 11.4 Å². The fraction of sp³-hybridized carbons (Fsp3) is 0.500. The maximum atomic E-state index is 6.33. The molecule has 0 aliphatic rings. The molecule has 0 unspecified atom stereocenters. The van der Waals surface area contributed by atoms with Crippen LogP contribution in [0, 0.1) is 0 Å². The number of unbranched alkanes of at least 4 members (excludes halogenated alkanes) is 10. The minimum Gasteiger partial charge on any atom is -0.253 e. The van der Waals surface area contributed by atoms with Crippen molar-refractivity contribution in [3.8, 4) is 22.5 Å². The van der Waals surface area contributed by atoms with Crippen LogP contribution in [-0.4, -0.2) is 17.8 Å². The zero-order chi connectivity index (χ0) is 24.7. The van der Waals surface area contributed by atoms with Gasteiger partial charge in [0.15, 0.2) is 0 Å². The van der Waals surface area contributed by atoms with Crippen LogP contribution >= 0.6 is 0 Å². The Kier molecular flexibility index (Phi) is 12.1. The molecule has 0 spiro atoms. The molecule has 0 atom stereocenters. The van der Waals surface area contributed by atoms with Crippen LogP contribution in [0.2, 0.25) is 0 Å². The van der Waals surface area contributed by atoms with E-state index in [1.807, 2.05) is 12.1 Å². The van der Waals surface area contributed by atoms with Crippen molar-refractivity contribution in [2.24, 2.45) is 0 Å². The third-order valence-corrected chi connectivity index (χ3v) is 6.73. The second kappa shape index (κ2) is 15.6. The van der Waals surface area contributed by atoms with E-state index >= 15 is 0 Å². The van der Waals surface area contributed by atoms with Crippen molar-refractivity contribution in [2.75, 3.05) is 0 Å². The van der Waals surface area contributed by atoms with Crippen LogP contribution in [0.5, 0.6) is 0 Å². The quantitative estimate of drug-likeness (QED) is 0.156. The summed E-state index contributed by atoms with van der Waals surface area (Å²) in [5.74, 6) is 0. The lowest BCUT2D eigenvalue weighted by molar-refractivity contribution is 0.605. The lowest BCUT2D eigenvalue weighted by Crippen LogP contribution is -2.04. The fourth-order valence-corrected chi connectivity index (χ4v) is 4.68. The molecule has 0 saturated carbocycles. The van der Waals surface area contributed by atoms with Crippen LogP contribution in [0.4, 0.5) is 0 Å². The van der Waals surface area contributed by atoms with E-state index in [1.165, 1.54) is 88.4 Å². The lowest BCUT2D eigenvalue weighted by Gasteiger charge is -2.10. The molecular formula is C32H43BN2. The Balaban J connectivity index is 1.65. The number of hydrogen-bond donors (Lipinski definition) is 0. The van der Waals surface area contributed by atoms with Gasteiger partial charge in [0.1, 0.15) is 7.85 Å². The van der Waals surface area contributed by atoms with Gasteiger partial charge < -0.3 is 0 Å². The van der Waals surface area contributed by atoms with Crippen LogP contribution in [0.1, 0.15) is 102 Å². The van der Waals surface area contributed by atoms with Gasteiger partial charge in [0, 0.05) is 22.5 Å². The Hall–Kier alpha value is -2.42. The summed E-state index contributed by atoms with van der Waals surface area (Å²) in [5, 5.41) is 0. The van der Waals surface area contributed by atoms with E-state index in [0.29, 0.717) is 0 Å². The number of nitrogens with zero attached hydrogens (tertiary/aromatic N) is 2. The molecule has 2 aromatic heterocycles.